The Kier molecular flexibility index (Phi) is 2.23. The second kappa shape index (κ2) is 3.53. The topological polar surface area (TPSA) is 37.8 Å². The van der Waals surface area contributed by atoms with Crippen LogP contribution in [0.3, 0.4) is 0 Å². The molecule has 3 nitrogen and oxygen atoms in total. The van der Waals surface area contributed by atoms with Gasteiger partial charge in [-0.05, 0) is 0 Å². The van der Waals surface area contributed by atoms with Crippen molar-refractivity contribution in [2.45, 2.75) is 0 Å². The number of rotatable bonds is 2. The van der Waals surface area contributed by atoms with Gasteiger partial charge >= 0.3 is 0 Å². The lowest BCUT2D eigenvalue weighted by molar-refractivity contribution is 1.16. The van der Waals surface area contributed by atoms with E-state index >= 15 is 0 Å². The first kappa shape index (κ1) is 8.19. The summed E-state index contributed by atoms with van der Waals surface area (Å²) in [6.07, 6.45) is 0. The van der Waals surface area contributed by atoms with Crippen LogP contribution in [0, 0.1) is 0 Å². The van der Waals surface area contributed by atoms with Crippen molar-refractivity contribution >= 4 is 16.5 Å². The monoisotopic (exact) mass is 191 g/mol. The highest BCUT2D eigenvalue weighted by Crippen LogP contribution is 2.27. The molecule has 0 aliphatic rings. The first-order valence-corrected chi connectivity index (χ1v) is 4.74. The molecular formula is C9H9N3S. The molecule has 0 amide bonds. The number of nitrogens with zero attached hydrogens (tertiary/aromatic N) is 2. The molecular weight excluding hydrogens is 182 g/mol. The van der Waals surface area contributed by atoms with Crippen molar-refractivity contribution in [3.05, 3.63) is 30.3 Å². The molecule has 0 aliphatic carbocycles. The fourth-order valence-corrected chi connectivity index (χ4v) is 1.68. The van der Waals surface area contributed by atoms with Crippen molar-refractivity contribution in [3.8, 4) is 11.3 Å². The molecule has 1 aromatic carbocycles. The Labute approximate surface area is 80.6 Å². The SMILES string of the molecule is CNc1snnc1-c1ccccc1. The number of anilines is 1. The molecule has 1 heterocycles. The Hall–Kier alpha value is -1.42. The summed E-state index contributed by atoms with van der Waals surface area (Å²) in [5.41, 5.74) is 2.02. The predicted octanol–water partition coefficient (Wildman–Crippen LogP) is 2.25. The zero-order chi connectivity index (χ0) is 9.10. The van der Waals surface area contributed by atoms with Gasteiger partial charge in [0.2, 0.25) is 0 Å². The Bertz CT molecular complexity index is 383. The van der Waals surface area contributed by atoms with E-state index in [9.17, 15) is 0 Å². The van der Waals surface area contributed by atoms with Crippen LogP contribution in [0.2, 0.25) is 0 Å². The predicted molar refractivity (Wildman–Crippen MR) is 54.9 cm³/mol. The summed E-state index contributed by atoms with van der Waals surface area (Å²) in [6, 6.07) is 10.0. The molecule has 0 unspecified atom stereocenters. The molecule has 0 atom stereocenters. The number of aromatic nitrogens is 2. The fraction of sp³-hybridized carbons (Fsp3) is 0.111. The Morgan fingerprint density at radius 1 is 1.23 bits per heavy atom. The average Bonchev–Trinajstić information content (AvgIpc) is 2.67. The lowest BCUT2D eigenvalue weighted by atomic mass is 10.2. The molecule has 0 saturated carbocycles. The highest BCUT2D eigenvalue weighted by molar-refractivity contribution is 7.10. The Balaban J connectivity index is 2.47. The molecule has 2 rings (SSSR count). The zero-order valence-electron chi connectivity index (χ0n) is 7.19. The van der Waals surface area contributed by atoms with Gasteiger partial charge in [-0.15, -0.1) is 5.10 Å². The van der Waals surface area contributed by atoms with Crippen molar-refractivity contribution in [1.29, 1.82) is 0 Å². The first-order chi connectivity index (χ1) is 6.42. The Morgan fingerprint density at radius 2 is 2.00 bits per heavy atom. The van der Waals surface area contributed by atoms with Gasteiger partial charge in [0.25, 0.3) is 0 Å². The maximum atomic E-state index is 4.06. The van der Waals surface area contributed by atoms with Crippen LogP contribution in [-0.2, 0) is 0 Å². The number of hydrogen-bond acceptors (Lipinski definition) is 4. The number of nitrogens with one attached hydrogen (secondary N) is 1. The van der Waals surface area contributed by atoms with Gasteiger partial charge in [-0.1, -0.05) is 34.8 Å². The molecule has 0 radical (unpaired) electrons. The molecule has 4 heteroatoms. The van der Waals surface area contributed by atoms with Crippen LogP contribution >= 0.6 is 11.5 Å². The highest BCUT2D eigenvalue weighted by Gasteiger charge is 2.07. The van der Waals surface area contributed by atoms with Crippen molar-refractivity contribution in [2.75, 3.05) is 12.4 Å². The van der Waals surface area contributed by atoms with Gasteiger partial charge in [0.15, 0.2) is 0 Å². The van der Waals surface area contributed by atoms with Crippen molar-refractivity contribution in [2.24, 2.45) is 0 Å². The molecule has 0 saturated heterocycles. The summed E-state index contributed by atoms with van der Waals surface area (Å²) in [6.45, 7) is 0. The van der Waals surface area contributed by atoms with Crippen LogP contribution in [-0.4, -0.2) is 16.6 Å². The van der Waals surface area contributed by atoms with Crippen LogP contribution in [0.25, 0.3) is 11.3 Å². The van der Waals surface area contributed by atoms with Gasteiger partial charge in [0, 0.05) is 24.1 Å². The molecule has 2 aromatic rings. The van der Waals surface area contributed by atoms with E-state index in [-0.39, 0.29) is 0 Å². The summed E-state index contributed by atoms with van der Waals surface area (Å²) in [5, 5.41) is 8.14. The average molecular weight is 191 g/mol. The lowest BCUT2D eigenvalue weighted by Crippen LogP contribution is -1.87. The van der Waals surface area contributed by atoms with Gasteiger partial charge in [-0.25, -0.2) is 0 Å². The molecule has 0 aliphatic heterocycles. The maximum absolute atomic E-state index is 4.06. The molecule has 0 bridgehead atoms. The van der Waals surface area contributed by atoms with E-state index in [1.807, 2.05) is 37.4 Å². The second-order valence-corrected chi connectivity index (χ2v) is 3.32. The van der Waals surface area contributed by atoms with Gasteiger partial charge in [-0.2, -0.15) is 0 Å². The standard InChI is InChI=1S/C9H9N3S/c1-10-9-8(11-12-13-9)7-5-3-2-4-6-7/h2-6,10H,1H3. The second-order valence-electron chi connectivity index (χ2n) is 2.57. The quantitative estimate of drug-likeness (QED) is 0.791. The fourth-order valence-electron chi connectivity index (χ4n) is 1.14. The molecule has 0 spiro atoms. The van der Waals surface area contributed by atoms with Crippen molar-refractivity contribution < 1.29 is 0 Å². The normalized spacial score (nSPS) is 9.92. The third kappa shape index (κ3) is 1.53. The summed E-state index contributed by atoms with van der Waals surface area (Å²) in [4.78, 5) is 0. The van der Waals surface area contributed by atoms with Crippen LogP contribution in [0.1, 0.15) is 0 Å². The summed E-state index contributed by atoms with van der Waals surface area (Å²) in [5.74, 6) is 0. The van der Waals surface area contributed by atoms with Crippen LogP contribution in [0.5, 0.6) is 0 Å². The van der Waals surface area contributed by atoms with E-state index in [1.165, 1.54) is 11.5 Å². The molecule has 1 N–H and O–H groups in total. The summed E-state index contributed by atoms with van der Waals surface area (Å²) >= 11 is 1.37. The third-order valence-corrected chi connectivity index (χ3v) is 2.51. The number of hydrogen-bond donors (Lipinski definition) is 1. The van der Waals surface area contributed by atoms with Gasteiger partial charge < -0.3 is 5.32 Å². The Morgan fingerprint density at radius 3 is 2.69 bits per heavy atom. The minimum atomic E-state index is 0.924. The van der Waals surface area contributed by atoms with E-state index in [1.54, 1.807) is 0 Å². The largest absolute Gasteiger partial charge is 0.377 e. The molecule has 0 fully saturated rings. The van der Waals surface area contributed by atoms with E-state index < -0.39 is 0 Å². The van der Waals surface area contributed by atoms with Crippen molar-refractivity contribution in [3.63, 3.8) is 0 Å². The molecule has 13 heavy (non-hydrogen) atoms. The minimum absolute atomic E-state index is 0.924. The maximum Gasteiger partial charge on any atom is 0.137 e. The van der Waals surface area contributed by atoms with E-state index in [4.69, 9.17) is 0 Å². The van der Waals surface area contributed by atoms with E-state index in [0.717, 1.165) is 16.3 Å². The smallest absolute Gasteiger partial charge is 0.137 e. The number of benzene rings is 1. The van der Waals surface area contributed by atoms with Gasteiger partial charge in [0.05, 0.1) is 0 Å². The lowest BCUT2D eigenvalue weighted by Gasteiger charge is -1.98. The summed E-state index contributed by atoms with van der Waals surface area (Å²) < 4.78 is 3.90. The summed E-state index contributed by atoms with van der Waals surface area (Å²) in [7, 11) is 1.88. The molecule has 66 valence electrons. The van der Waals surface area contributed by atoms with Crippen LogP contribution < -0.4 is 5.32 Å². The van der Waals surface area contributed by atoms with E-state index in [2.05, 4.69) is 14.9 Å². The minimum Gasteiger partial charge on any atom is -0.377 e. The van der Waals surface area contributed by atoms with Gasteiger partial charge in [0.1, 0.15) is 10.7 Å². The van der Waals surface area contributed by atoms with Gasteiger partial charge in [-0.3, -0.25) is 0 Å². The van der Waals surface area contributed by atoms with Crippen LogP contribution in [0.4, 0.5) is 5.00 Å². The molecule has 1 aromatic heterocycles. The first-order valence-electron chi connectivity index (χ1n) is 3.97. The third-order valence-electron chi connectivity index (χ3n) is 1.76. The van der Waals surface area contributed by atoms with Crippen LogP contribution in [0.15, 0.2) is 30.3 Å². The van der Waals surface area contributed by atoms with Crippen molar-refractivity contribution in [1.82, 2.24) is 9.59 Å². The zero-order valence-corrected chi connectivity index (χ0v) is 8.01. The highest BCUT2D eigenvalue weighted by atomic mass is 32.1. The van der Waals surface area contributed by atoms with E-state index in [0.29, 0.717) is 0 Å².